The van der Waals surface area contributed by atoms with Crippen molar-refractivity contribution in [1.82, 2.24) is 0 Å². The maximum atomic E-state index is 15.0. The second-order valence-electron chi connectivity index (χ2n) is 12.6. The normalized spacial score (nSPS) is 29.5. The SMILES string of the molecule is O=C1[C@@H]2[C@H](C(=O)N1c1ccc(Cl)cc1)C1([N+](=O)[O-])C=C3c4ccccc4N(c4ccccc4)C32[C@H]2C(=O)N(c3ccc(Cl)cc3)C(=O)[C@H]21. The molecule has 2 unspecified atom stereocenters. The second-order valence-corrected chi connectivity index (χ2v) is 13.5. The van der Waals surface area contributed by atoms with Gasteiger partial charge in [0.05, 0.1) is 28.7 Å². The summed E-state index contributed by atoms with van der Waals surface area (Å²) in [6.45, 7) is 0. The maximum absolute atomic E-state index is 15.0. The van der Waals surface area contributed by atoms with Crippen molar-refractivity contribution in [3.63, 3.8) is 0 Å². The lowest BCUT2D eigenvalue weighted by molar-refractivity contribution is -0.577. The summed E-state index contributed by atoms with van der Waals surface area (Å²) < 4.78 is 0. The molecule has 48 heavy (non-hydrogen) atoms. The fraction of sp³-hybridized carbons (Fsp3) is 0.167. The second kappa shape index (κ2) is 9.62. The minimum absolute atomic E-state index is 0.187. The first-order valence-corrected chi connectivity index (χ1v) is 16.0. The molecule has 10 nitrogen and oxygen atoms in total. The van der Waals surface area contributed by atoms with Gasteiger partial charge in [0, 0.05) is 31.9 Å². The van der Waals surface area contributed by atoms with Crippen molar-refractivity contribution in [1.29, 1.82) is 0 Å². The Bertz CT molecular complexity index is 2080. The van der Waals surface area contributed by atoms with Gasteiger partial charge in [0.2, 0.25) is 23.6 Å². The highest BCUT2D eigenvalue weighted by Crippen LogP contribution is 2.73. The van der Waals surface area contributed by atoms with E-state index >= 15 is 0 Å². The lowest BCUT2D eigenvalue weighted by Gasteiger charge is -2.58. The first kappa shape index (κ1) is 28.9. The summed E-state index contributed by atoms with van der Waals surface area (Å²) in [6, 6.07) is 28.4. The van der Waals surface area contributed by atoms with E-state index in [4.69, 9.17) is 23.2 Å². The van der Waals surface area contributed by atoms with Crippen LogP contribution in [-0.4, -0.2) is 39.6 Å². The third-order valence-corrected chi connectivity index (χ3v) is 11.2. The van der Waals surface area contributed by atoms with E-state index in [1.54, 1.807) is 18.2 Å². The van der Waals surface area contributed by atoms with Crippen LogP contribution in [0.3, 0.4) is 0 Å². The zero-order valence-corrected chi connectivity index (χ0v) is 26.2. The monoisotopic (exact) mass is 676 g/mol. The summed E-state index contributed by atoms with van der Waals surface area (Å²) in [5.41, 5.74) is -1.58. The van der Waals surface area contributed by atoms with Crippen molar-refractivity contribution in [2.45, 2.75) is 11.1 Å². The zero-order chi connectivity index (χ0) is 33.3. The average Bonchev–Trinajstić information content (AvgIpc) is 3.65. The smallest absolute Gasteiger partial charge is 0.265 e. The van der Waals surface area contributed by atoms with Crippen LogP contribution in [0.15, 0.2) is 109 Å². The van der Waals surface area contributed by atoms with Gasteiger partial charge in [-0.25, -0.2) is 9.80 Å². The summed E-state index contributed by atoms with van der Waals surface area (Å²) in [7, 11) is 0. The molecule has 3 aliphatic carbocycles. The first-order chi connectivity index (χ1) is 23.1. The quantitative estimate of drug-likeness (QED) is 0.149. The molecule has 3 aliphatic heterocycles. The number of imide groups is 2. The molecule has 0 radical (unpaired) electrons. The predicted molar refractivity (Wildman–Crippen MR) is 177 cm³/mol. The number of halogens is 2. The van der Waals surface area contributed by atoms with Gasteiger partial charge in [-0.1, -0.05) is 59.6 Å². The summed E-state index contributed by atoms with van der Waals surface area (Å²) >= 11 is 12.3. The van der Waals surface area contributed by atoms with E-state index in [1.165, 1.54) is 54.6 Å². The fourth-order valence-corrected chi connectivity index (χ4v) is 9.35. The molecule has 4 amide bonds. The Hall–Kier alpha value is -5.32. The average molecular weight is 678 g/mol. The van der Waals surface area contributed by atoms with Crippen LogP contribution in [0.5, 0.6) is 0 Å². The molecule has 2 bridgehead atoms. The number of nitro groups is 1. The lowest BCUT2D eigenvalue weighted by Crippen LogP contribution is -2.76. The Morgan fingerprint density at radius 1 is 0.583 bits per heavy atom. The summed E-state index contributed by atoms with van der Waals surface area (Å²) in [5, 5.41) is 14.4. The van der Waals surface area contributed by atoms with Crippen molar-refractivity contribution < 1.29 is 24.1 Å². The number of anilines is 4. The Morgan fingerprint density at radius 3 is 1.54 bits per heavy atom. The van der Waals surface area contributed by atoms with Crippen LogP contribution in [0.2, 0.25) is 10.0 Å². The molecule has 12 heteroatoms. The molecule has 3 fully saturated rings. The van der Waals surface area contributed by atoms with E-state index < -0.39 is 63.3 Å². The Labute approximate surface area is 282 Å². The van der Waals surface area contributed by atoms with Gasteiger partial charge in [0.15, 0.2) is 0 Å². The highest BCUT2D eigenvalue weighted by molar-refractivity contribution is 6.32. The van der Waals surface area contributed by atoms with E-state index in [2.05, 4.69) is 0 Å². The van der Waals surface area contributed by atoms with Crippen molar-refractivity contribution in [3.05, 3.63) is 135 Å². The number of benzene rings is 4. The van der Waals surface area contributed by atoms with Crippen LogP contribution in [0.25, 0.3) is 5.57 Å². The van der Waals surface area contributed by atoms with E-state index in [1.807, 2.05) is 41.3 Å². The standard InChI is InChI=1S/C36H22Cl2N4O6/c37-19-10-14-21(15-11-19)39-31(43)27-29(33(39)45)36-25(24-8-4-5-9-26(24)41(36)23-6-2-1-3-7-23)18-35(27,42(47)48)28-30(36)34(46)40(32(28)44)22-16-12-20(38)13-17-22/h1-18,27-30H/t27-,28+,29+,30-,35?,36?. The van der Waals surface area contributed by atoms with Gasteiger partial charge in [-0.3, -0.25) is 29.3 Å². The minimum atomic E-state index is -2.42. The number of nitrogens with zero attached hydrogens (tertiary/aromatic N) is 4. The van der Waals surface area contributed by atoms with E-state index in [0.29, 0.717) is 32.6 Å². The van der Waals surface area contributed by atoms with Gasteiger partial charge >= 0.3 is 0 Å². The molecule has 0 aromatic heterocycles. The van der Waals surface area contributed by atoms with Gasteiger partial charge in [-0.15, -0.1) is 0 Å². The van der Waals surface area contributed by atoms with Gasteiger partial charge in [0.25, 0.3) is 5.54 Å². The van der Waals surface area contributed by atoms with Crippen molar-refractivity contribution >= 4 is 75.2 Å². The summed E-state index contributed by atoms with van der Waals surface area (Å²) in [4.78, 5) is 76.2. The maximum Gasteiger partial charge on any atom is 0.265 e. The molecule has 236 valence electrons. The number of carbonyl (C=O) groups excluding carboxylic acids is 4. The van der Waals surface area contributed by atoms with Crippen LogP contribution >= 0.6 is 23.2 Å². The van der Waals surface area contributed by atoms with Crippen molar-refractivity contribution in [3.8, 4) is 0 Å². The molecule has 0 N–H and O–H groups in total. The minimum Gasteiger partial charge on any atom is -0.329 e. The van der Waals surface area contributed by atoms with Crippen LogP contribution in [-0.2, 0) is 19.2 Å². The van der Waals surface area contributed by atoms with Crippen molar-refractivity contribution in [2.75, 3.05) is 14.7 Å². The number of carbonyl (C=O) groups is 4. The number of hydrogen-bond acceptors (Lipinski definition) is 7. The first-order valence-electron chi connectivity index (χ1n) is 15.2. The molecule has 4 aromatic rings. The van der Waals surface area contributed by atoms with E-state index in [9.17, 15) is 29.3 Å². The van der Waals surface area contributed by atoms with Crippen LogP contribution in [0.1, 0.15) is 5.56 Å². The van der Waals surface area contributed by atoms with Crippen molar-refractivity contribution in [2.24, 2.45) is 23.7 Å². The number of rotatable bonds is 4. The summed E-state index contributed by atoms with van der Waals surface area (Å²) in [6.07, 6.45) is 1.41. The molecule has 2 saturated heterocycles. The molecule has 6 aliphatic rings. The molecular weight excluding hydrogens is 655 g/mol. The molecule has 6 atom stereocenters. The van der Waals surface area contributed by atoms with Gasteiger partial charge < -0.3 is 4.90 Å². The third-order valence-electron chi connectivity index (χ3n) is 10.7. The van der Waals surface area contributed by atoms with Crippen LogP contribution in [0, 0.1) is 33.8 Å². The largest absolute Gasteiger partial charge is 0.329 e. The topological polar surface area (TPSA) is 121 Å². The molecule has 3 heterocycles. The highest BCUT2D eigenvalue weighted by Gasteiger charge is 2.88. The fourth-order valence-electron chi connectivity index (χ4n) is 9.09. The Morgan fingerprint density at radius 2 is 1.04 bits per heavy atom. The number of hydrogen-bond donors (Lipinski definition) is 0. The van der Waals surface area contributed by atoms with Gasteiger partial charge in [-0.05, 0) is 78.4 Å². The van der Waals surface area contributed by atoms with Gasteiger partial charge in [-0.2, -0.15) is 0 Å². The molecule has 10 rings (SSSR count). The lowest BCUT2D eigenvalue weighted by atomic mass is 9.44. The molecule has 4 aromatic carbocycles. The molecular formula is C36H22Cl2N4O6. The molecule has 1 spiro atoms. The molecule has 1 saturated carbocycles. The Kier molecular flexibility index (Phi) is 5.78. The number of fused-ring (bicyclic) bond motifs is 1. The zero-order valence-electron chi connectivity index (χ0n) is 24.7. The van der Waals surface area contributed by atoms with Crippen LogP contribution in [0.4, 0.5) is 22.7 Å². The Balaban J connectivity index is 1.39. The van der Waals surface area contributed by atoms with Gasteiger partial charge in [0.1, 0.15) is 11.8 Å². The highest BCUT2D eigenvalue weighted by atomic mass is 35.5. The van der Waals surface area contributed by atoms with E-state index in [-0.39, 0.29) is 11.4 Å². The third kappa shape index (κ3) is 3.24. The summed E-state index contributed by atoms with van der Waals surface area (Å²) in [5.74, 6) is -9.06. The van der Waals surface area contributed by atoms with E-state index in [0.717, 1.165) is 9.80 Å². The van der Waals surface area contributed by atoms with Crippen LogP contribution < -0.4 is 14.7 Å². The number of amides is 4. The number of para-hydroxylation sites is 2. The predicted octanol–water partition coefficient (Wildman–Crippen LogP) is 5.92.